The molecule has 1 saturated carbocycles. The lowest BCUT2D eigenvalue weighted by Crippen LogP contribution is -2.35. The fourth-order valence-corrected chi connectivity index (χ4v) is 3.41. The van der Waals surface area contributed by atoms with Gasteiger partial charge in [-0.05, 0) is 32.2 Å². The first-order chi connectivity index (χ1) is 9.94. The number of nitrogens with one attached hydrogen (secondary N) is 1. The SMILES string of the molecule is CCCNCc1sc(N(CC(F)(F)F)C2CC2)nc1CC. The first-order valence-corrected chi connectivity index (χ1v) is 8.29. The van der Waals surface area contributed by atoms with Crippen molar-refractivity contribution in [2.75, 3.05) is 18.0 Å². The van der Waals surface area contributed by atoms with Crippen molar-refractivity contribution in [3.8, 4) is 0 Å². The fourth-order valence-electron chi connectivity index (χ4n) is 2.22. The molecule has 0 bridgehead atoms. The van der Waals surface area contributed by atoms with E-state index in [1.54, 1.807) is 0 Å². The summed E-state index contributed by atoms with van der Waals surface area (Å²) in [7, 11) is 0. The molecule has 2 rings (SSSR count). The largest absolute Gasteiger partial charge is 0.406 e. The Bertz CT molecular complexity index is 455. The zero-order valence-corrected chi connectivity index (χ0v) is 13.3. The minimum atomic E-state index is -4.18. The highest BCUT2D eigenvalue weighted by atomic mass is 32.1. The molecule has 1 heterocycles. The van der Waals surface area contributed by atoms with Gasteiger partial charge in [-0.2, -0.15) is 13.2 Å². The molecule has 21 heavy (non-hydrogen) atoms. The van der Waals surface area contributed by atoms with Crippen LogP contribution in [-0.4, -0.2) is 30.3 Å². The van der Waals surface area contributed by atoms with Gasteiger partial charge in [0, 0.05) is 17.5 Å². The third-order valence-corrected chi connectivity index (χ3v) is 4.53. The molecule has 0 amide bonds. The molecule has 1 aliphatic rings. The van der Waals surface area contributed by atoms with E-state index >= 15 is 0 Å². The van der Waals surface area contributed by atoms with Crippen molar-refractivity contribution >= 4 is 16.5 Å². The quantitative estimate of drug-likeness (QED) is 0.739. The maximum absolute atomic E-state index is 12.7. The Balaban J connectivity index is 2.13. The van der Waals surface area contributed by atoms with Crippen LogP contribution in [-0.2, 0) is 13.0 Å². The summed E-state index contributed by atoms with van der Waals surface area (Å²) in [4.78, 5) is 6.96. The molecular formula is C14H22F3N3S. The summed E-state index contributed by atoms with van der Waals surface area (Å²) in [5.74, 6) is 0. The van der Waals surface area contributed by atoms with Crippen LogP contribution in [0.4, 0.5) is 18.3 Å². The lowest BCUT2D eigenvalue weighted by Gasteiger charge is -2.22. The summed E-state index contributed by atoms with van der Waals surface area (Å²) in [6.45, 7) is 4.79. The Hall–Kier alpha value is -0.820. The second kappa shape index (κ2) is 6.96. The van der Waals surface area contributed by atoms with Crippen molar-refractivity contribution in [3.63, 3.8) is 0 Å². The van der Waals surface area contributed by atoms with Crippen LogP contribution in [0, 0.1) is 0 Å². The summed E-state index contributed by atoms with van der Waals surface area (Å²) < 4.78 is 38.2. The summed E-state index contributed by atoms with van der Waals surface area (Å²) in [6.07, 6.45) is -0.720. The summed E-state index contributed by atoms with van der Waals surface area (Å²) >= 11 is 1.40. The predicted octanol–water partition coefficient (Wildman–Crippen LogP) is 3.74. The maximum Gasteiger partial charge on any atom is 0.406 e. The highest BCUT2D eigenvalue weighted by molar-refractivity contribution is 7.15. The summed E-state index contributed by atoms with van der Waals surface area (Å²) in [5, 5.41) is 3.83. The van der Waals surface area contributed by atoms with Crippen LogP contribution in [0.15, 0.2) is 0 Å². The molecule has 1 fully saturated rings. The summed E-state index contributed by atoms with van der Waals surface area (Å²) in [5.41, 5.74) is 0.923. The summed E-state index contributed by atoms with van der Waals surface area (Å²) in [6, 6.07) is 0.0129. The molecule has 1 aliphatic carbocycles. The number of halogens is 3. The molecule has 1 aromatic rings. The first-order valence-electron chi connectivity index (χ1n) is 7.47. The van der Waals surface area contributed by atoms with Crippen molar-refractivity contribution in [1.82, 2.24) is 10.3 Å². The molecule has 1 aromatic heterocycles. The Morgan fingerprint density at radius 3 is 2.57 bits per heavy atom. The zero-order chi connectivity index (χ0) is 15.5. The third kappa shape index (κ3) is 4.85. The van der Waals surface area contributed by atoms with E-state index < -0.39 is 12.7 Å². The Morgan fingerprint density at radius 1 is 1.33 bits per heavy atom. The first kappa shape index (κ1) is 16.5. The molecule has 120 valence electrons. The van der Waals surface area contributed by atoms with Gasteiger partial charge in [0.15, 0.2) is 5.13 Å². The van der Waals surface area contributed by atoms with Crippen LogP contribution >= 0.6 is 11.3 Å². The third-order valence-electron chi connectivity index (χ3n) is 3.40. The monoisotopic (exact) mass is 321 g/mol. The van der Waals surface area contributed by atoms with Gasteiger partial charge in [-0.1, -0.05) is 13.8 Å². The number of aromatic nitrogens is 1. The average Bonchev–Trinajstić information content (AvgIpc) is 3.16. The van der Waals surface area contributed by atoms with Gasteiger partial charge < -0.3 is 10.2 Å². The van der Waals surface area contributed by atoms with Gasteiger partial charge in [0.05, 0.1) is 5.69 Å². The smallest absolute Gasteiger partial charge is 0.336 e. The number of hydrogen-bond acceptors (Lipinski definition) is 4. The predicted molar refractivity (Wildman–Crippen MR) is 79.9 cm³/mol. The number of hydrogen-bond donors (Lipinski definition) is 1. The van der Waals surface area contributed by atoms with Crippen LogP contribution in [0.3, 0.4) is 0 Å². The number of nitrogens with zero attached hydrogens (tertiary/aromatic N) is 2. The molecule has 3 nitrogen and oxygen atoms in total. The Kier molecular flexibility index (Phi) is 5.48. The number of rotatable bonds is 8. The van der Waals surface area contributed by atoms with Crippen molar-refractivity contribution in [1.29, 1.82) is 0 Å². The van der Waals surface area contributed by atoms with E-state index in [1.165, 1.54) is 16.2 Å². The maximum atomic E-state index is 12.7. The second-order valence-electron chi connectivity index (χ2n) is 5.37. The topological polar surface area (TPSA) is 28.2 Å². The van der Waals surface area contributed by atoms with E-state index in [9.17, 15) is 13.2 Å². The van der Waals surface area contributed by atoms with Gasteiger partial charge in [0.1, 0.15) is 6.54 Å². The van der Waals surface area contributed by atoms with Gasteiger partial charge in [-0.25, -0.2) is 4.98 Å². The van der Waals surface area contributed by atoms with Gasteiger partial charge in [-0.3, -0.25) is 0 Å². The standard InChI is InChI=1S/C14H22F3N3S/c1-3-7-18-8-12-11(4-2)19-13(21-12)20(10-5-6-10)9-14(15,16)17/h10,18H,3-9H2,1-2H3. The highest BCUT2D eigenvalue weighted by Crippen LogP contribution is 2.37. The fraction of sp³-hybridized carbons (Fsp3) is 0.786. The van der Waals surface area contributed by atoms with Crippen LogP contribution in [0.2, 0.25) is 0 Å². The van der Waals surface area contributed by atoms with Gasteiger partial charge >= 0.3 is 6.18 Å². The van der Waals surface area contributed by atoms with Crippen molar-refractivity contribution in [3.05, 3.63) is 10.6 Å². The lowest BCUT2D eigenvalue weighted by molar-refractivity contribution is -0.120. The van der Waals surface area contributed by atoms with Gasteiger partial charge in [0.25, 0.3) is 0 Å². The van der Waals surface area contributed by atoms with Crippen molar-refractivity contribution in [2.45, 2.75) is 58.3 Å². The molecule has 0 unspecified atom stereocenters. The van der Waals surface area contributed by atoms with Gasteiger partial charge in [0.2, 0.25) is 0 Å². The molecule has 0 spiro atoms. The zero-order valence-electron chi connectivity index (χ0n) is 12.5. The molecule has 0 aromatic carbocycles. The number of alkyl halides is 3. The van der Waals surface area contributed by atoms with E-state index in [-0.39, 0.29) is 6.04 Å². The van der Waals surface area contributed by atoms with Crippen molar-refractivity contribution in [2.24, 2.45) is 0 Å². The van der Waals surface area contributed by atoms with Crippen molar-refractivity contribution < 1.29 is 13.2 Å². The number of anilines is 1. The molecule has 0 atom stereocenters. The van der Waals surface area contributed by atoms with Crippen LogP contribution < -0.4 is 10.2 Å². The molecule has 7 heteroatoms. The Labute approximate surface area is 127 Å². The molecule has 0 aliphatic heterocycles. The van der Waals surface area contributed by atoms with Gasteiger partial charge in [-0.15, -0.1) is 11.3 Å². The Morgan fingerprint density at radius 2 is 2.05 bits per heavy atom. The van der Waals surface area contributed by atoms with E-state index in [4.69, 9.17) is 0 Å². The van der Waals surface area contributed by atoms with E-state index in [2.05, 4.69) is 17.2 Å². The minimum absolute atomic E-state index is 0.0129. The van der Waals surface area contributed by atoms with E-state index in [0.717, 1.165) is 42.8 Å². The lowest BCUT2D eigenvalue weighted by atomic mass is 10.3. The molecule has 1 N–H and O–H groups in total. The van der Waals surface area contributed by atoms with E-state index in [0.29, 0.717) is 11.7 Å². The van der Waals surface area contributed by atoms with E-state index in [1.807, 2.05) is 6.92 Å². The molecular weight excluding hydrogens is 299 g/mol. The number of thiazole rings is 1. The van der Waals surface area contributed by atoms with Crippen LogP contribution in [0.5, 0.6) is 0 Å². The second-order valence-corrected chi connectivity index (χ2v) is 6.43. The van der Waals surface area contributed by atoms with Crippen LogP contribution in [0.25, 0.3) is 0 Å². The van der Waals surface area contributed by atoms with Crippen LogP contribution in [0.1, 0.15) is 43.7 Å². The minimum Gasteiger partial charge on any atom is -0.336 e. The normalized spacial score (nSPS) is 15.5. The highest BCUT2D eigenvalue weighted by Gasteiger charge is 2.39. The average molecular weight is 321 g/mol. The number of aryl methyl sites for hydroxylation is 1. The molecule has 0 radical (unpaired) electrons. The molecule has 0 saturated heterocycles.